The van der Waals surface area contributed by atoms with Gasteiger partial charge >= 0.3 is 5.97 Å². The highest BCUT2D eigenvalue weighted by molar-refractivity contribution is 6.34. The Balaban J connectivity index is 1.85. The van der Waals surface area contributed by atoms with Crippen LogP contribution in [-0.2, 0) is 9.53 Å². The lowest BCUT2D eigenvalue weighted by Crippen LogP contribution is -2.12. The summed E-state index contributed by atoms with van der Waals surface area (Å²) in [7, 11) is 0. The number of fused-ring (bicyclic) bond motifs is 2. The van der Waals surface area contributed by atoms with Crippen LogP contribution in [0.5, 0.6) is 5.75 Å². The van der Waals surface area contributed by atoms with Gasteiger partial charge in [-0.25, -0.2) is 4.79 Å². The number of ether oxygens (including phenoxy) is 2. The summed E-state index contributed by atoms with van der Waals surface area (Å²) in [6, 6.07) is 9.87. The van der Waals surface area contributed by atoms with E-state index in [1.54, 1.807) is 36.4 Å². The maximum atomic E-state index is 12.5. The fraction of sp³-hybridized carbons (Fsp3) is 0.176. The van der Waals surface area contributed by atoms with Gasteiger partial charge in [0.05, 0.1) is 22.4 Å². The van der Waals surface area contributed by atoms with E-state index in [1.807, 2.05) is 0 Å². The largest absolute Gasteiger partial charge is 0.491 e. The number of carboxylic acid groups (broad SMARTS) is 1. The van der Waals surface area contributed by atoms with E-state index >= 15 is 0 Å². The van der Waals surface area contributed by atoms with Crippen LogP contribution in [0.2, 0.25) is 5.02 Å². The third-order valence-electron chi connectivity index (χ3n) is 3.34. The molecular weight excluding hydrogens is 336 g/mol. The van der Waals surface area contributed by atoms with Gasteiger partial charge in [-0.1, -0.05) is 17.7 Å². The summed E-state index contributed by atoms with van der Waals surface area (Å²) < 4.78 is 16.1. The van der Waals surface area contributed by atoms with Crippen LogP contribution < -0.4 is 10.2 Å². The molecule has 3 aromatic rings. The Morgan fingerprint density at radius 1 is 1.17 bits per heavy atom. The molecule has 0 spiro atoms. The zero-order chi connectivity index (χ0) is 17.1. The molecule has 0 radical (unpaired) electrons. The maximum absolute atomic E-state index is 12.5. The van der Waals surface area contributed by atoms with E-state index in [-0.39, 0.29) is 25.2 Å². The van der Waals surface area contributed by atoms with Crippen molar-refractivity contribution in [1.82, 2.24) is 0 Å². The Hall–Kier alpha value is -2.57. The van der Waals surface area contributed by atoms with Gasteiger partial charge in [0.2, 0.25) is 5.43 Å². The fourth-order valence-electron chi connectivity index (χ4n) is 2.29. The van der Waals surface area contributed by atoms with E-state index in [2.05, 4.69) is 0 Å². The van der Waals surface area contributed by atoms with Crippen LogP contribution in [0.1, 0.15) is 0 Å². The van der Waals surface area contributed by atoms with Gasteiger partial charge in [0.25, 0.3) is 0 Å². The average molecular weight is 349 g/mol. The standard InChI is InChI=1S/C17H13ClO6/c18-13-3-1-2-12-16(21)11-5-4-10(8-14(11)24-17(12)13)23-7-6-22-9-15(19)20/h1-5,8H,6-7,9H2,(H,19,20). The van der Waals surface area contributed by atoms with Crippen molar-refractivity contribution >= 4 is 39.5 Å². The van der Waals surface area contributed by atoms with Gasteiger partial charge in [0, 0.05) is 6.07 Å². The van der Waals surface area contributed by atoms with E-state index in [1.165, 1.54) is 0 Å². The molecule has 0 atom stereocenters. The molecule has 0 saturated carbocycles. The number of carboxylic acids is 1. The lowest BCUT2D eigenvalue weighted by Gasteiger charge is -2.08. The van der Waals surface area contributed by atoms with Crippen molar-refractivity contribution in [3.05, 3.63) is 51.6 Å². The second-order valence-corrected chi connectivity index (χ2v) is 5.41. The molecular formula is C17H13ClO6. The van der Waals surface area contributed by atoms with Crippen molar-refractivity contribution in [2.24, 2.45) is 0 Å². The lowest BCUT2D eigenvalue weighted by molar-refractivity contribution is -0.142. The molecule has 0 saturated heterocycles. The maximum Gasteiger partial charge on any atom is 0.329 e. The molecule has 124 valence electrons. The molecule has 6 nitrogen and oxygen atoms in total. The quantitative estimate of drug-likeness (QED) is 0.544. The van der Waals surface area contributed by atoms with Crippen molar-refractivity contribution in [2.75, 3.05) is 19.8 Å². The van der Waals surface area contributed by atoms with Crippen LogP contribution in [0.4, 0.5) is 0 Å². The highest BCUT2D eigenvalue weighted by Crippen LogP contribution is 2.27. The smallest absolute Gasteiger partial charge is 0.329 e. The predicted octanol–water partition coefficient (Wildman–Crippen LogP) is 3.08. The summed E-state index contributed by atoms with van der Waals surface area (Å²) in [6.07, 6.45) is 0. The number of aliphatic carboxylic acids is 1. The zero-order valence-electron chi connectivity index (χ0n) is 12.5. The fourth-order valence-corrected chi connectivity index (χ4v) is 2.50. The molecule has 0 aliphatic heterocycles. The first-order valence-corrected chi connectivity index (χ1v) is 7.51. The Bertz CT molecular complexity index is 962. The van der Waals surface area contributed by atoms with Gasteiger partial charge in [0.1, 0.15) is 24.5 Å². The summed E-state index contributed by atoms with van der Waals surface area (Å²) in [4.78, 5) is 22.8. The van der Waals surface area contributed by atoms with Gasteiger partial charge in [0.15, 0.2) is 5.58 Å². The summed E-state index contributed by atoms with van der Waals surface area (Å²) in [5.41, 5.74) is 0.535. The Kier molecular flexibility index (Phi) is 4.69. The van der Waals surface area contributed by atoms with Crippen molar-refractivity contribution in [1.29, 1.82) is 0 Å². The van der Waals surface area contributed by atoms with E-state index in [0.29, 0.717) is 32.7 Å². The van der Waals surface area contributed by atoms with Crippen LogP contribution in [0, 0.1) is 0 Å². The minimum Gasteiger partial charge on any atom is -0.491 e. The summed E-state index contributed by atoms with van der Waals surface area (Å²) in [6.45, 7) is -0.0599. The Labute approximate surface area is 141 Å². The van der Waals surface area contributed by atoms with E-state index in [0.717, 1.165) is 0 Å². The van der Waals surface area contributed by atoms with Crippen LogP contribution in [0.15, 0.2) is 45.6 Å². The molecule has 0 unspecified atom stereocenters. The minimum absolute atomic E-state index is 0.137. The number of benzene rings is 2. The molecule has 0 bridgehead atoms. The molecule has 24 heavy (non-hydrogen) atoms. The summed E-state index contributed by atoms with van der Waals surface area (Å²) in [5.74, 6) is -0.554. The zero-order valence-corrected chi connectivity index (χ0v) is 13.2. The van der Waals surface area contributed by atoms with Crippen LogP contribution in [0.3, 0.4) is 0 Å². The molecule has 0 aliphatic carbocycles. The van der Waals surface area contributed by atoms with Gasteiger partial charge < -0.3 is 19.0 Å². The normalized spacial score (nSPS) is 11.0. The number of halogens is 1. The third-order valence-corrected chi connectivity index (χ3v) is 3.64. The lowest BCUT2D eigenvalue weighted by atomic mass is 10.1. The molecule has 1 heterocycles. The molecule has 1 N–H and O–H groups in total. The molecule has 2 aromatic carbocycles. The first-order chi connectivity index (χ1) is 11.6. The third kappa shape index (κ3) is 3.34. The van der Waals surface area contributed by atoms with Crippen molar-refractivity contribution in [2.45, 2.75) is 0 Å². The van der Waals surface area contributed by atoms with Gasteiger partial charge in [-0.05, 0) is 24.3 Å². The molecule has 7 heteroatoms. The Morgan fingerprint density at radius 2 is 2.00 bits per heavy atom. The van der Waals surface area contributed by atoms with Crippen LogP contribution in [-0.4, -0.2) is 30.9 Å². The first-order valence-electron chi connectivity index (χ1n) is 7.13. The van der Waals surface area contributed by atoms with E-state index in [9.17, 15) is 9.59 Å². The monoisotopic (exact) mass is 348 g/mol. The van der Waals surface area contributed by atoms with E-state index in [4.69, 9.17) is 30.6 Å². The minimum atomic E-state index is -1.04. The van der Waals surface area contributed by atoms with Crippen molar-refractivity contribution in [3.63, 3.8) is 0 Å². The number of hydrogen-bond donors (Lipinski definition) is 1. The molecule has 1 aromatic heterocycles. The molecule has 0 aliphatic rings. The van der Waals surface area contributed by atoms with Crippen molar-refractivity contribution in [3.8, 4) is 5.75 Å². The number of carbonyl (C=O) groups is 1. The van der Waals surface area contributed by atoms with Gasteiger partial charge in [-0.2, -0.15) is 0 Å². The molecule has 0 fully saturated rings. The second-order valence-electron chi connectivity index (χ2n) is 5.00. The molecule has 3 rings (SSSR count). The number of rotatable bonds is 6. The van der Waals surface area contributed by atoms with Gasteiger partial charge in [-0.15, -0.1) is 0 Å². The Morgan fingerprint density at radius 3 is 2.79 bits per heavy atom. The number of para-hydroxylation sites is 1. The van der Waals surface area contributed by atoms with Crippen LogP contribution in [0.25, 0.3) is 21.9 Å². The first kappa shape index (κ1) is 16.3. The summed E-state index contributed by atoms with van der Waals surface area (Å²) >= 11 is 6.08. The highest BCUT2D eigenvalue weighted by Gasteiger charge is 2.11. The molecule has 0 amide bonds. The van der Waals surface area contributed by atoms with Crippen LogP contribution >= 0.6 is 11.6 Å². The second kappa shape index (κ2) is 6.90. The van der Waals surface area contributed by atoms with Gasteiger partial charge in [-0.3, -0.25) is 4.79 Å². The average Bonchev–Trinajstić information content (AvgIpc) is 2.55. The highest BCUT2D eigenvalue weighted by atomic mass is 35.5. The summed E-state index contributed by atoms with van der Waals surface area (Å²) in [5, 5.41) is 9.68. The predicted molar refractivity (Wildman–Crippen MR) is 88.9 cm³/mol. The SMILES string of the molecule is O=C(O)COCCOc1ccc2c(=O)c3cccc(Cl)c3oc2c1. The topological polar surface area (TPSA) is 86.0 Å². The van der Waals surface area contributed by atoms with Crippen molar-refractivity contribution < 1.29 is 23.8 Å². The van der Waals surface area contributed by atoms with E-state index < -0.39 is 5.97 Å². The number of hydrogen-bond acceptors (Lipinski definition) is 5.